The van der Waals surface area contributed by atoms with E-state index in [-0.39, 0.29) is 11.7 Å². The Labute approximate surface area is 113 Å². The van der Waals surface area contributed by atoms with Gasteiger partial charge in [-0.05, 0) is 24.8 Å². The van der Waals surface area contributed by atoms with Crippen LogP contribution in [0, 0.1) is 11.7 Å². The summed E-state index contributed by atoms with van der Waals surface area (Å²) in [6.07, 6.45) is 4.96. The van der Waals surface area contributed by atoms with E-state index in [0.29, 0.717) is 11.3 Å². The second-order valence-corrected chi connectivity index (χ2v) is 5.30. The molecule has 1 aliphatic rings. The fourth-order valence-electron chi connectivity index (χ4n) is 2.91. The highest BCUT2D eigenvalue weighted by molar-refractivity contribution is 5.37. The van der Waals surface area contributed by atoms with Crippen molar-refractivity contribution in [2.24, 2.45) is 11.7 Å². The zero-order valence-corrected chi connectivity index (χ0v) is 11.3. The van der Waals surface area contributed by atoms with Gasteiger partial charge in [-0.1, -0.05) is 25.3 Å². The summed E-state index contributed by atoms with van der Waals surface area (Å²) in [4.78, 5) is 0. The van der Waals surface area contributed by atoms with E-state index in [1.165, 1.54) is 25.7 Å². The molecule has 1 aliphatic carbocycles. The Morgan fingerprint density at radius 2 is 2.00 bits per heavy atom. The molecular formula is C15H22FNO2. The zero-order chi connectivity index (χ0) is 13.8. The standard InChI is InChI=1S/C15H22FNO2/c1-19-13-9-11(16)7-8-12(13)14(17)15(18)10-5-3-2-4-6-10/h7-10,14-15,18H,2-6,17H2,1H3/t14-,15+/m1/s1. The highest BCUT2D eigenvalue weighted by atomic mass is 19.1. The summed E-state index contributed by atoms with van der Waals surface area (Å²) >= 11 is 0. The quantitative estimate of drug-likeness (QED) is 0.882. The van der Waals surface area contributed by atoms with E-state index in [4.69, 9.17) is 10.5 Å². The molecule has 3 N–H and O–H groups in total. The minimum absolute atomic E-state index is 0.235. The van der Waals surface area contributed by atoms with Crippen LogP contribution in [-0.2, 0) is 0 Å². The van der Waals surface area contributed by atoms with Gasteiger partial charge in [0, 0.05) is 11.6 Å². The van der Waals surface area contributed by atoms with E-state index in [0.717, 1.165) is 25.7 Å². The summed E-state index contributed by atoms with van der Waals surface area (Å²) in [6, 6.07) is 3.73. The van der Waals surface area contributed by atoms with Crippen LogP contribution in [0.4, 0.5) is 4.39 Å². The predicted octanol–water partition coefficient (Wildman–Crippen LogP) is 2.78. The minimum atomic E-state index is -0.598. The third-order valence-electron chi connectivity index (χ3n) is 4.06. The number of hydrogen-bond acceptors (Lipinski definition) is 3. The Morgan fingerprint density at radius 1 is 1.32 bits per heavy atom. The monoisotopic (exact) mass is 267 g/mol. The van der Waals surface area contributed by atoms with Gasteiger partial charge in [0.05, 0.1) is 19.3 Å². The van der Waals surface area contributed by atoms with Gasteiger partial charge in [0.25, 0.3) is 0 Å². The highest BCUT2D eigenvalue weighted by Crippen LogP contribution is 2.34. The van der Waals surface area contributed by atoms with Crippen LogP contribution in [0.1, 0.15) is 43.7 Å². The SMILES string of the molecule is COc1cc(F)ccc1[C@@H](N)[C@@H](O)C1CCCCC1. The molecule has 0 radical (unpaired) electrons. The van der Waals surface area contributed by atoms with E-state index in [1.54, 1.807) is 6.07 Å². The number of aliphatic hydroxyl groups excluding tert-OH is 1. The topological polar surface area (TPSA) is 55.5 Å². The second kappa shape index (κ2) is 6.35. The van der Waals surface area contributed by atoms with Crippen molar-refractivity contribution in [3.63, 3.8) is 0 Å². The smallest absolute Gasteiger partial charge is 0.126 e. The van der Waals surface area contributed by atoms with Gasteiger partial charge in [-0.25, -0.2) is 4.39 Å². The highest BCUT2D eigenvalue weighted by Gasteiger charge is 2.29. The summed E-state index contributed by atoms with van der Waals surface area (Å²) in [5.41, 5.74) is 6.81. The third-order valence-corrected chi connectivity index (χ3v) is 4.06. The molecule has 2 rings (SSSR count). The zero-order valence-electron chi connectivity index (χ0n) is 11.3. The number of methoxy groups -OCH3 is 1. The maximum atomic E-state index is 13.2. The largest absolute Gasteiger partial charge is 0.496 e. The lowest BCUT2D eigenvalue weighted by Crippen LogP contribution is -2.34. The molecule has 0 aromatic heterocycles. The number of nitrogens with two attached hydrogens (primary N) is 1. The van der Waals surface area contributed by atoms with Crippen LogP contribution in [0.5, 0.6) is 5.75 Å². The van der Waals surface area contributed by atoms with Crippen LogP contribution < -0.4 is 10.5 Å². The molecule has 0 amide bonds. The van der Waals surface area contributed by atoms with Gasteiger partial charge >= 0.3 is 0 Å². The number of halogens is 1. The normalized spacial score (nSPS) is 20.0. The minimum Gasteiger partial charge on any atom is -0.496 e. The van der Waals surface area contributed by atoms with Crippen LogP contribution in [0.2, 0.25) is 0 Å². The Kier molecular flexibility index (Phi) is 4.77. The molecule has 0 saturated heterocycles. The van der Waals surface area contributed by atoms with E-state index in [1.807, 2.05) is 0 Å². The predicted molar refractivity (Wildman–Crippen MR) is 72.5 cm³/mol. The first-order chi connectivity index (χ1) is 9.13. The molecule has 0 spiro atoms. The van der Waals surface area contributed by atoms with Crippen molar-refractivity contribution < 1.29 is 14.2 Å². The number of hydrogen-bond donors (Lipinski definition) is 2. The molecule has 0 unspecified atom stereocenters. The molecule has 1 saturated carbocycles. The van der Waals surface area contributed by atoms with Crippen molar-refractivity contribution in [1.29, 1.82) is 0 Å². The Hall–Kier alpha value is -1.13. The first-order valence-corrected chi connectivity index (χ1v) is 6.90. The average molecular weight is 267 g/mol. The number of ether oxygens (including phenoxy) is 1. The molecule has 2 atom stereocenters. The van der Waals surface area contributed by atoms with Gasteiger partial charge in [-0.15, -0.1) is 0 Å². The lowest BCUT2D eigenvalue weighted by Gasteiger charge is -2.31. The fraction of sp³-hybridized carbons (Fsp3) is 0.600. The van der Waals surface area contributed by atoms with Crippen LogP contribution in [0.25, 0.3) is 0 Å². The molecule has 106 valence electrons. The van der Waals surface area contributed by atoms with Crippen LogP contribution in [0.15, 0.2) is 18.2 Å². The van der Waals surface area contributed by atoms with E-state index in [2.05, 4.69) is 0 Å². The van der Waals surface area contributed by atoms with Gasteiger partial charge in [0.1, 0.15) is 11.6 Å². The van der Waals surface area contributed by atoms with Crippen molar-refractivity contribution in [3.05, 3.63) is 29.6 Å². The van der Waals surface area contributed by atoms with E-state index in [9.17, 15) is 9.50 Å². The summed E-state index contributed by atoms with van der Waals surface area (Å²) in [7, 11) is 1.48. The van der Waals surface area contributed by atoms with Gasteiger partial charge in [0.2, 0.25) is 0 Å². The van der Waals surface area contributed by atoms with Gasteiger partial charge in [-0.3, -0.25) is 0 Å². The molecular weight excluding hydrogens is 245 g/mol. The fourth-order valence-corrected chi connectivity index (χ4v) is 2.91. The lowest BCUT2D eigenvalue weighted by molar-refractivity contribution is 0.0610. The second-order valence-electron chi connectivity index (χ2n) is 5.30. The van der Waals surface area contributed by atoms with Crippen LogP contribution in [0.3, 0.4) is 0 Å². The van der Waals surface area contributed by atoms with Crippen molar-refractivity contribution >= 4 is 0 Å². The molecule has 1 aromatic carbocycles. The van der Waals surface area contributed by atoms with Gasteiger partial charge < -0.3 is 15.6 Å². The Morgan fingerprint density at radius 3 is 2.63 bits per heavy atom. The first-order valence-electron chi connectivity index (χ1n) is 6.90. The summed E-state index contributed by atoms with van der Waals surface area (Å²) in [5, 5.41) is 10.4. The lowest BCUT2D eigenvalue weighted by atomic mass is 9.81. The molecule has 4 heteroatoms. The molecule has 0 bridgehead atoms. The van der Waals surface area contributed by atoms with Crippen LogP contribution >= 0.6 is 0 Å². The first kappa shape index (κ1) is 14.3. The Balaban J connectivity index is 2.15. The number of aliphatic hydroxyl groups is 1. The summed E-state index contributed by atoms with van der Waals surface area (Å²) < 4.78 is 18.3. The summed E-state index contributed by atoms with van der Waals surface area (Å²) in [6.45, 7) is 0. The van der Waals surface area contributed by atoms with Gasteiger partial charge in [0.15, 0.2) is 0 Å². The number of benzene rings is 1. The van der Waals surface area contributed by atoms with Crippen LogP contribution in [-0.4, -0.2) is 18.3 Å². The third kappa shape index (κ3) is 3.25. The van der Waals surface area contributed by atoms with Gasteiger partial charge in [-0.2, -0.15) is 0 Å². The van der Waals surface area contributed by atoms with Crippen molar-refractivity contribution in [1.82, 2.24) is 0 Å². The number of rotatable bonds is 4. The average Bonchev–Trinajstić information content (AvgIpc) is 2.46. The molecule has 1 fully saturated rings. The Bertz CT molecular complexity index is 419. The summed E-state index contributed by atoms with van der Waals surface area (Å²) in [5.74, 6) is 0.279. The maximum absolute atomic E-state index is 13.2. The molecule has 0 heterocycles. The van der Waals surface area contributed by atoms with Crippen molar-refractivity contribution in [2.45, 2.75) is 44.2 Å². The molecule has 3 nitrogen and oxygen atoms in total. The van der Waals surface area contributed by atoms with E-state index < -0.39 is 12.1 Å². The molecule has 19 heavy (non-hydrogen) atoms. The molecule has 1 aromatic rings. The van der Waals surface area contributed by atoms with Crippen molar-refractivity contribution in [2.75, 3.05) is 7.11 Å². The van der Waals surface area contributed by atoms with E-state index >= 15 is 0 Å². The maximum Gasteiger partial charge on any atom is 0.126 e. The van der Waals surface area contributed by atoms with Crippen molar-refractivity contribution in [3.8, 4) is 5.75 Å². The molecule has 0 aliphatic heterocycles.